The minimum atomic E-state index is -0.338. The minimum absolute atomic E-state index is 0.297. The number of aliphatic imine (C=N–C) groups is 1. The third-order valence-corrected chi connectivity index (χ3v) is 4.96. The zero-order valence-electron chi connectivity index (χ0n) is 15.9. The smallest absolute Gasteiger partial charge is 0.230 e. The van der Waals surface area contributed by atoms with Gasteiger partial charge in [-0.25, -0.2) is 9.88 Å². The van der Waals surface area contributed by atoms with Crippen molar-refractivity contribution in [3.8, 4) is 0 Å². The van der Waals surface area contributed by atoms with Gasteiger partial charge in [0.25, 0.3) is 0 Å². The quantitative estimate of drug-likeness (QED) is 0.820. The number of hydrogen-bond donors (Lipinski definition) is 0. The Hall–Kier alpha value is -2.32. The standard InChI is InChI=1S/C18H25N5O3/c1-6-7-18-9-20-15-16(23(13(3)24)14(4)25)12(2)8-19-17(15)22(18)11-21(10-18)26-5/h8-9H,6-7,10-11H2,1-5H3. The average molecular weight is 359 g/mol. The normalized spacial score (nSPS) is 21.5. The Bertz CT molecular complexity index is 764. The highest BCUT2D eigenvalue weighted by Crippen LogP contribution is 2.46. The van der Waals surface area contributed by atoms with Crippen LogP contribution in [0.3, 0.4) is 0 Å². The minimum Gasteiger partial charge on any atom is -0.327 e. The molecule has 8 heteroatoms. The van der Waals surface area contributed by atoms with Gasteiger partial charge in [-0.3, -0.25) is 14.6 Å². The van der Waals surface area contributed by atoms with Gasteiger partial charge < -0.3 is 9.74 Å². The van der Waals surface area contributed by atoms with E-state index in [4.69, 9.17) is 4.84 Å². The molecule has 0 radical (unpaired) electrons. The van der Waals surface area contributed by atoms with E-state index in [0.717, 1.165) is 18.4 Å². The highest BCUT2D eigenvalue weighted by Gasteiger charge is 2.47. The number of aromatic nitrogens is 1. The van der Waals surface area contributed by atoms with Crippen molar-refractivity contribution in [2.45, 2.75) is 46.1 Å². The molecule has 3 rings (SSSR count). The lowest BCUT2D eigenvalue weighted by atomic mass is 9.92. The van der Waals surface area contributed by atoms with Gasteiger partial charge in [0.1, 0.15) is 5.69 Å². The number of hydrogen-bond acceptors (Lipinski definition) is 7. The van der Waals surface area contributed by atoms with Gasteiger partial charge in [0, 0.05) is 26.3 Å². The number of pyridine rings is 1. The van der Waals surface area contributed by atoms with Crippen molar-refractivity contribution in [1.29, 1.82) is 0 Å². The van der Waals surface area contributed by atoms with Gasteiger partial charge in [-0.2, -0.15) is 5.06 Å². The molecule has 0 spiro atoms. The van der Waals surface area contributed by atoms with Crippen molar-refractivity contribution in [2.75, 3.05) is 30.1 Å². The van der Waals surface area contributed by atoms with Crippen LogP contribution in [0.5, 0.6) is 0 Å². The summed E-state index contributed by atoms with van der Waals surface area (Å²) in [4.78, 5) is 42.3. The molecule has 1 saturated heterocycles. The Balaban J connectivity index is 2.17. The number of rotatable bonds is 4. The van der Waals surface area contributed by atoms with Crippen molar-refractivity contribution in [3.05, 3.63) is 11.8 Å². The van der Waals surface area contributed by atoms with E-state index in [-0.39, 0.29) is 17.4 Å². The zero-order chi connectivity index (χ0) is 19.1. The molecule has 0 aromatic carbocycles. The summed E-state index contributed by atoms with van der Waals surface area (Å²) in [6.45, 7) is 7.96. The molecule has 1 atom stereocenters. The fraction of sp³-hybridized carbons (Fsp3) is 0.556. The summed E-state index contributed by atoms with van der Waals surface area (Å²) >= 11 is 0. The summed E-state index contributed by atoms with van der Waals surface area (Å²) in [5, 5.41) is 1.87. The van der Waals surface area contributed by atoms with Crippen LogP contribution in [0.15, 0.2) is 11.2 Å². The molecule has 2 aliphatic heterocycles. The molecule has 0 bridgehead atoms. The van der Waals surface area contributed by atoms with Gasteiger partial charge >= 0.3 is 0 Å². The fourth-order valence-corrected chi connectivity index (χ4v) is 3.85. The van der Waals surface area contributed by atoms with Crippen LogP contribution in [0.4, 0.5) is 17.2 Å². The first-order chi connectivity index (χ1) is 12.3. The topological polar surface area (TPSA) is 78.3 Å². The number of carbonyl (C=O) groups excluding carboxylic acids is 2. The first-order valence-electron chi connectivity index (χ1n) is 8.77. The zero-order valence-corrected chi connectivity index (χ0v) is 15.9. The van der Waals surface area contributed by atoms with E-state index < -0.39 is 0 Å². The van der Waals surface area contributed by atoms with Crippen LogP contribution in [-0.2, 0) is 14.4 Å². The highest BCUT2D eigenvalue weighted by atomic mass is 16.7. The van der Waals surface area contributed by atoms with Crippen molar-refractivity contribution >= 4 is 35.2 Å². The van der Waals surface area contributed by atoms with Crippen molar-refractivity contribution in [3.63, 3.8) is 0 Å². The summed E-state index contributed by atoms with van der Waals surface area (Å²) in [6.07, 6.45) is 5.51. The van der Waals surface area contributed by atoms with E-state index in [1.807, 2.05) is 18.2 Å². The summed E-state index contributed by atoms with van der Waals surface area (Å²) in [5.74, 6) is -0.00216. The van der Waals surface area contributed by atoms with E-state index in [1.54, 1.807) is 13.3 Å². The lowest BCUT2D eigenvalue weighted by molar-refractivity contribution is -0.124. The molecule has 1 unspecified atom stereocenters. The van der Waals surface area contributed by atoms with E-state index in [9.17, 15) is 9.59 Å². The number of imide groups is 1. The van der Waals surface area contributed by atoms with E-state index in [2.05, 4.69) is 21.8 Å². The Morgan fingerprint density at radius 1 is 1.35 bits per heavy atom. The molecule has 26 heavy (non-hydrogen) atoms. The first kappa shape index (κ1) is 18.5. The predicted octanol–water partition coefficient (Wildman–Crippen LogP) is 2.19. The number of anilines is 2. The number of fused-ring (bicyclic) bond motifs is 3. The Morgan fingerprint density at radius 3 is 2.62 bits per heavy atom. The maximum Gasteiger partial charge on any atom is 0.230 e. The molecule has 2 amide bonds. The van der Waals surface area contributed by atoms with Gasteiger partial charge in [-0.15, -0.1) is 0 Å². The van der Waals surface area contributed by atoms with Gasteiger partial charge in [0.05, 0.1) is 31.5 Å². The predicted molar refractivity (Wildman–Crippen MR) is 99.7 cm³/mol. The summed E-state index contributed by atoms with van der Waals surface area (Å²) < 4.78 is 0. The van der Waals surface area contributed by atoms with Gasteiger partial charge in [-0.05, 0) is 18.9 Å². The SMILES string of the molecule is CCCC12C=Nc3c(ncc(C)c3N(C(C)=O)C(C)=O)N1CN(OC)C2. The molecule has 2 aliphatic rings. The Morgan fingerprint density at radius 2 is 2.04 bits per heavy atom. The molecule has 0 saturated carbocycles. The molecular formula is C18H25N5O3. The van der Waals surface area contributed by atoms with Crippen LogP contribution in [-0.4, -0.2) is 53.9 Å². The average Bonchev–Trinajstić information content (AvgIpc) is 2.95. The number of carbonyl (C=O) groups is 2. The molecule has 8 nitrogen and oxygen atoms in total. The number of hydroxylamine groups is 2. The number of amides is 2. The molecular weight excluding hydrogens is 334 g/mol. The van der Waals surface area contributed by atoms with Crippen LogP contribution in [0, 0.1) is 6.92 Å². The van der Waals surface area contributed by atoms with Crippen LogP contribution >= 0.6 is 0 Å². The molecule has 140 valence electrons. The third-order valence-electron chi connectivity index (χ3n) is 4.96. The lowest BCUT2D eigenvalue weighted by Gasteiger charge is -2.39. The maximum absolute atomic E-state index is 12.1. The molecule has 0 N–H and O–H groups in total. The van der Waals surface area contributed by atoms with Crippen molar-refractivity contribution < 1.29 is 14.4 Å². The molecule has 1 aromatic heterocycles. The van der Waals surface area contributed by atoms with Gasteiger partial charge in [-0.1, -0.05) is 13.3 Å². The number of aryl methyl sites for hydroxylation is 1. The monoisotopic (exact) mass is 359 g/mol. The molecule has 3 heterocycles. The number of nitrogens with zero attached hydrogens (tertiary/aromatic N) is 5. The van der Waals surface area contributed by atoms with E-state index >= 15 is 0 Å². The second-order valence-corrected chi connectivity index (χ2v) is 6.84. The fourth-order valence-electron chi connectivity index (χ4n) is 3.85. The molecule has 0 aliphatic carbocycles. The van der Waals surface area contributed by atoms with Gasteiger partial charge in [0.15, 0.2) is 5.82 Å². The lowest BCUT2D eigenvalue weighted by Crippen LogP contribution is -2.49. The third kappa shape index (κ3) is 2.79. The second-order valence-electron chi connectivity index (χ2n) is 6.84. The Labute approximate surface area is 153 Å². The maximum atomic E-state index is 12.1. The van der Waals surface area contributed by atoms with Gasteiger partial charge in [0.2, 0.25) is 11.8 Å². The molecule has 1 fully saturated rings. The largest absolute Gasteiger partial charge is 0.327 e. The second kappa shape index (κ2) is 6.77. The molecule has 1 aromatic rings. The first-order valence-corrected chi connectivity index (χ1v) is 8.77. The summed E-state index contributed by atoms with van der Waals surface area (Å²) in [6, 6.07) is 0. The van der Waals surface area contributed by atoms with Crippen molar-refractivity contribution in [1.82, 2.24) is 10.0 Å². The van der Waals surface area contributed by atoms with E-state index in [1.165, 1.54) is 18.7 Å². The van der Waals surface area contributed by atoms with Crippen LogP contribution in [0.25, 0.3) is 0 Å². The van der Waals surface area contributed by atoms with Crippen LogP contribution in [0.1, 0.15) is 39.2 Å². The summed E-state index contributed by atoms with van der Waals surface area (Å²) in [5.41, 5.74) is 1.50. The van der Waals surface area contributed by atoms with E-state index in [0.29, 0.717) is 30.4 Å². The van der Waals surface area contributed by atoms with Crippen LogP contribution in [0.2, 0.25) is 0 Å². The van der Waals surface area contributed by atoms with Crippen LogP contribution < -0.4 is 9.80 Å². The Kier molecular flexibility index (Phi) is 4.81. The van der Waals surface area contributed by atoms with Crippen molar-refractivity contribution in [2.24, 2.45) is 4.99 Å². The highest BCUT2D eigenvalue weighted by molar-refractivity contribution is 6.16. The summed E-state index contributed by atoms with van der Waals surface area (Å²) in [7, 11) is 1.65.